The third kappa shape index (κ3) is 3.65. The maximum absolute atomic E-state index is 13.5. The molecule has 1 amide bonds. The van der Waals surface area contributed by atoms with Crippen LogP contribution in [0.4, 0.5) is 10.1 Å². The Morgan fingerprint density at radius 3 is 2.57 bits per heavy atom. The number of nitrogens with two attached hydrogens (primary N) is 1. The minimum absolute atomic E-state index is 0.0524. The van der Waals surface area contributed by atoms with Crippen molar-refractivity contribution >= 4 is 44.7 Å². The molecule has 2 rings (SSSR count). The number of carbonyl (C=O) groups excluding carboxylic acids is 1. The summed E-state index contributed by atoms with van der Waals surface area (Å²) >= 11 is 8.12. The Labute approximate surface area is 135 Å². The Bertz CT molecular complexity index is 734. The molecular formula is C15H12BrFN2OS. The first-order valence-electron chi connectivity index (χ1n) is 6.05. The Hall–Kier alpha value is -1.79. The molecule has 108 valence electrons. The van der Waals surface area contributed by atoms with E-state index in [2.05, 4.69) is 21.2 Å². The van der Waals surface area contributed by atoms with Gasteiger partial charge >= 0.3 is 0 Å². The Kier molecular flexibility index (Phi) is 4.69. The molecule has 0 aliphatic rings. The van der Waals surface area contributed by atoms with Crippen LogP contribution >= 0.6 is 28.1 Å². The predicted octanol–water partition coefficient (Wildman–Crippen LogP) is 3.78. The second-order valence-corrected chi connectivity index (χ2v) is 5.83. The van der Waals surface area contributed by atoms with Crippen molar-refractivity contribution in [3.63, 3.8) is 0 Å². The molecule has 6 heteroatoms. The summed E-state index contributed by atoms with van der Waals surface area (Å²) in [6, 6.07) is 9.45. The Balaban J connectivity index is 2.27. The zero-order chi connectivity index (χ0) is 15.6. The third-order valence-corrected chi connectivity index (χ3v) is 3.64. The maximum Gasteiger partial charge on any atom is 0.255 e. The number of nitrogens with one attached hydrogen (secondary N) is 1. The van der Waals surface area contributed by atoms with E-state index >= 15 is 0 Å². The Morgan fingerprint density at radius 1 is 1.24 bits per heavy atom. The molecule has 0 spiro atoms. The number of thiocarbonyl (C=S) groups is 1. The highest BCUT2D eigenvalue weighted by atomic mass is 79.9. The lowest BCUT2D eigenvalue weighted by molar-refractivity contribution is 0.102. The number of benzene rings is 2. The van der Waals surface area contributed by atoms with Crippen molar-refractivity contribution in [1.82, 2.24) is 0 Å². The van der Waals surface area contributed by atoms with Gasteiger partial charge in [-0.3, -0.25) is 4.79 Å². The van der Waals surface area contributed by atoms with E-state index in [1.807, 2.05) is 13.0 Å². The quantitative estimate of drug-likeness (QED) is 0.812. The summed E-state index contributed by atoms with van der Waals surface area (Å²) in [7, 11) is 0. The van der Waals surface area contributed by atoms with Gasteiger partial charge in [0.25, 0.3) is 5.91 Å². The third-order valence-electron chi connectivity index (χ3n) is 2.92. The van der Waals surface area contributed by atoms with E-state index in [0.717, 1.165) is 10.0 Å². The fourth-order valence-corrected chi connectivity index (χ4v) is 2.50. The van der Waals surface area contributed by atoms with Crippen LogP contribution in [-0.2, 0) is 0 Å². The molecule has 0 atom stereocenters. The van der Waals surface area contributed by atoms with Crippen LogP contribution in [0.25, 0.3) is 0 Å². The molecule has 0 bridgehead atoms. The molecule has 0 radical (unpaired) electrons. The number of halogens is 2. The predicted molar refractivity (Wildman–Crippen MR) is 89.1 cm³/mol. The molecule has 0 aromatic heterocycles. The van der Waals surface area contributed by atoms with Crippen molar-refractivity contribution in [3.8, 4) is 0 Å². The van der Waals surface area contributed by atoms with Crippen LogP contribution in [0.2, 0.25) is 0 Å². The second-order valence-electron chi connectivity index (χ2n) is 4.47. The smallest absolute Gasteiger partial charge is 0.255 e. The number of hydrogen-bond donors (Lipinski definition) is 2. The molecule has 21 heavy (non-hydrogen) atoms. The standard InChI is InChI=1S/C15H12BrFN2OS/c1-8-6-9(16)2-4-11(8)15(20)19-10-3-5-13(17)12(7-10)14(18)21/h2-7H,1H3,(H2,18,21)(H,19,20). The molecule has 2 aromatic carbocycles. The minimum atomic E-state index is -0.514. The Morgan fingerprint density at radius 2 is 1.95 bits per heavy atom. The molecule has 3 nitrogen and oxygen atoms in total. The average Bonchev–Trinajstić information content (AvgIpc) is 2.40. The zero-order valence-electron chi connectivity index (χ0n) is 11.1. The number of rotatable bonds is 3. The molecule has 0 fully saturated rings. The zero-order valence-corrected chi connectivity index (χ0v) is 13.5. The van der Waals surface area contributed by atoms with Gasteiger partial charge in [-0.15, -0.1) is 0 Å². The normalized spacial score (nSPS) is 10.2. The molecule has 0 saturated heterocycles. The summed E-state index contributed by atoms with van der Waals surface area (Å²) < 4.78 is 14.4. The summed E-state index contributed by atoms with van der Waals surface area (Å²) in [4.78, 5) is 12.2. The molecule has 0 heterocycles. The first kappa shape index (κ1) is 15.6. The van der Waals surface area contributed by atoms with Crippen LogP contribution in [0.1, 0.15) is 21.5 Å². The average molecular weight is 367 g/mol. The SMILES string of the molecule is Cc1cc(Br)ccc1C(=O)Nc1ccc(F)c(C(N)=S)c1. The maximum atomic E-state index is 13.5. The summed E-state index contributed by atoms with van der Waals surface area (Å²) in [5, 5.41) is 2.70. The van der Waals surface area contributed by atoms with Gasteiger partial charge in [-0.2, -0.15) is 0 Å². The van der Waals surface area contributed by atoms with Crippen molar-refractivity contribution in [2.75, 3.05) is 5.32 Å². The summed E-state index contributed by atoms with van der Waals surface area (Å²) in [5.41, 5.74) is 7.36. The number of carbonyl (C=O) groups is 1. The van der Waals surface area contributed by atoms with E-state index in [-0.39, 0.29) is 16.5 Å². The van der Waals surface area contributed by atoms with Gasteiger partial charge in [-0.05, 0) is 48.9 Å². The first-order chi connectivity index (χ1) is 9.88. The molecule has 0 unspecified atom stereocenters. The monoisotopic (exact) mass is 366 g/mol. The molecule has 0 aliphatic carbocycles. The van der Waals surface area contributed by atoms with Crippen LogP contribution in [0, 0.1) is 12.7 Å². The van der Waals surface area contributed by atoms with Crippen LogP contribution in [0.15, 0.2) is 40.9 Å². The van der Waals surface area contributed by atoms with Gasteiger partial charge in [0.15, 0.2) is 0 Å². The van der Waals surface area contributed by atoms with E-state index in [1.165, 1.54) is 18.2 Å². The van der Waals surface area contributed by atoms with Gasteiger partial charge in [-0.1, -0.05) is 28.1 Å². The largest absolute Gasteiger partial charge is 0.389 e. The van der Waals surface area contributed by atoms with Gasteiger partial charge in [0.05, 0.1) is 0 Å². The molecule has 0 aliphatic heterocycles. The van der Waals surface area contributed by atoms with Crippen molar-refractivity contribution in [1.29, 1.82) is 0 Å². The highest BCUT2D eigenvalue weighted by Crippen LogP contribution is 2.19. The van der Waals surface area contributed by atoms with Crippen LogP contribution < -0.4 is 11.1 Å². The summed E-state index contributed by atoms with van der Waals surface area (Å²) in [6.07, 6.45) is 0. The second kappa shape index (κ2) is 6.32. The van der Waals surface area contributed by atoms with Gasteiger partial charge in [-0.25, -0.2) is 4.39 Å². The lowest BCUT2D eigenvalue weighted by atomic mass is 10.1. The van der Waals surface area contributed by atoms with Crippen LogP contribution in [0.3, 0.4) is 0 Å². The van der Waals surface area contributed by atoms with E-state index in [1.54, 1.807) is 12.1 Å². The van der Waals surface area contributed by atoms with Crippen molar-refractivity contribution in [2.45, 2.75) is 6.92 Å². The van der Waals surface area contributed by atoms with Crippen LogP contribution in [-0.4, -0.2) is 10.9 Å². The lowest BCUT2D eigenvalue weighted by Gasteiger charge is -2.10. The van der Waals surface area contributed by atoms with E-state index in [9.17, 15) is 9.18 Å². The topological polar surface area (TPSA) is 55.1 Å². The minimum Gasteiger partial charge on any atom is -0.389 e. The number of hydrogen-bond acceptors (Lipinski definition) is 2. The molecular weight excluding hydrogens is 355 g/mol. The highest BCUT2D eigenvalue weighted by molar-refractivity contribution is 9.10. The lowest BCUT2D eigenvalue weighted by Crippen LogP contribution is -2.16. The van der Waals surface area contributed by atoms with E-state index < -0.39 is 5.82 Å². The number of anilines is 1. The van der Waals surface area contributed by atoms with Crippen molar-refractivity contribution < 1.29 is 9.18 Å². The number of aryl methyl sites for hydroxylation is 1. The molecule has 0 saturated carbocycles. The summed E-state index contributed by atoms with van der Waals surface area (Å²) in [5.74, 6) is -0.791. The first-order valence-corrected chi connectivity index (χ1v) is 7.25. The molecule has 2 aromatic rings. The van der Waals surface area contributed by atoms with Gasteiger partial charge in [0.1, 0.15) is 10.8 Å². The van der Waals surface area contributed by atoms with Gasteiger partial charge < -0.3 is 11.1 Å². The van der Waals surface area contributed by atoms with Gasteiger partial charge in [0.2, 0.25) is 0 Å². The van der Waals surface area contributed by atoms with E-state index in [0.29, 0.717) is 11.3 Å². The summed E-state index contributed by atoms with van der Waals surface area (Å²) in [6.45, 7) is 1.84. The highest BCUT2D eigenvalue weighted by Gasteiger charge is 2.12. The molecule has 3 N–H and O–H groups in total. The fourth-order valence-electron chi connectivity index (χ4n) is 1.87. The van der Waals surface area contributed by atoms with Crippen molar-refractivity contribution in [3.05, 3.63) is 63.4 Å². The fraction of sp³-hybridized carbons (Fsp3) is 0.0667. The van der Waals surface area contributed by atoms with Gasteiger partial charge in [0, 0.05) is 21.3 Å². The number of amides is 1. The van der Waals surface area contributed by atoms with Crippen molar-refractivity contribution in [2.24, 2.45) is 5.73 Å². The van der Waals surface area contributed by atoms with Crippen LogP contribution in [0.5, 0.6) is 0 Å². The van der Waals surface area contributed by atoms with E-state index in [4.69, 9.17) is 18.0 Å².